The van der Waals surface area contributed by atoms with Crippen molar-refractivity contribution in [1.29, 1.82) is 5.26 Å². The van der Waals surface area contributed by atoms with Crippen molar-refractivity contribution >= 4 is 5.91 Å². The molecule has 0 spiro atoms. The van der Waals surface area contributed by atoms with Crippen LogP contribution in [-0.4, -0.2) is 51.4 Å². The highest BCUT2D eigenvalue weighted by atomic mass is 16.2. The lowest BCUT2D eigenvalue weighted by Crippen LogP contribution is -2.53. The Balaban J connectivity index is 1.21. The number of nitrogens with zero attached hydrogens (tertiary/aromatic N) is 5. The summed E-state index contributed by atoms with van der Waals surface area (Å²) in [5.41, 5.74) is 3.85. The summed E-state index contributed by atoms with van der Waals surface area (Å²) in [6.07, 6.45) is 7.99. The van der Waals surface area contributed by atoms with E-state index < -0.39 is 0 Å². The number of carbonyl (C=O) groups excluding carboxylic acids is 1. The van der Waals surface area contributed by atoms with Crippen LogP contribution < -0.4 is 0 Å². The van der Waals surface area contributed by atoms with Crippen LogP contribution >= 0.6 is 0 Å². The van der Waals surface area contributed by atoms with Crippen LogP contribution in [0.3, 0.4) is 0 Å². The largest absolute Gasteiger partial charge is 0.339 e. The van der Waals surface area contributed by atoms with Crippen LogP contribution in [0.25, 0.3) is 0 Å². The molecule has 0 radical (unpaired) electrons. The van der Waals surface area contributed by atoms with Crippen LogP contribution in [0.1, 0.15) is 48.1 Å². The zero-order valence-electron chi connectivity index (χ0n) is 19.6. The monoisotopic (exact) mass is 453 g/mol. The molecule has 0 N–H and O–H groups in total. The molecule has 6 nitrogen and oxygen atoms in total. The highest BCUT2D eigenvalue weighted by molar-refractivity contribution is 5.88. The molecule has 2 aliphatic rings. The smallest absolute Gasteiger partial charge is 0.233 e. The Labute approximate surface area is 201 Å². The number of rotatable bonds is 6. The molecule has 2 fully saturated rings. The Morgan fingerprint density at radius 3 is 2.32 bits per heavy atom. The van der Waals surface area contributed by atoms with Crippen LogP contribution in [0, 0.1) is 11.3 Å². The summed E-state index contributed by atoms with van der Waals surface area (Å²) in [6, 6.07) is 20.3. The van der Waals surface area contributed by atoms with Crippen LogP contribution in [-0.2, 0) is 23.3 Å². The second-order valence-electron chi connectivity index (χ2n) is 9.55. The fourth-order valence-corrected chi connectivity index (χ4v) is 5.51. The minimum Gasteiger partial charge on any atom is -0.339 e. The van der Waals surface area contributed by atoms with Gasteiger partial charge in [0.25, 0.3) is 0 Å². The van der Waals surface area contributed by atoms with E-state index in [0.29, 0.717) is 11.5 Å². The molecular weight excluding hydrogens is 422 g/mol. The zero-order chi connectivity index (χ0) is 23.4. The zero-order valence-corrected chi connectivity index (χ0v) is 19.6. The SMILES string of the molecule is N#Cc1ccc(Cn2cncc2CN2CCN(C(=O)C3(c4ccccc4)CCCC3)CC2)cc1. The average molecular weight is 454 g/mol. The first-order valence-electron chi connectivity index (χ1n) is 12.2. The van der Waals surface area contributed by atoms with Gasteiger partial charge in [0.2, 0.25) is 5.91 Å². The van der Waals surface area contributed by atoms with Crippen LogP contribution in [0.4, 0.5) is 0 Å². The molecule has 174 valence electrons. The van der Waals surface area contributed by atoms with Crippen LogP contribution in [0.5, 0.6) is 0 Å². The van der Waals surface area contributed by atoms with E-state index in [4.69, 9.17) is 5.26 Å². The first-order valence-corrected chi connectivity index (χ1v) is 12.2. The van der Waals surface area contributed by atoms with E-state index >= 15 is 0 Å². The predicted molar refractivity (Wildman–Crippen MR) is 131 cm³/mol. The van der Waals surface area contributed by atoms with E-state index in [0.717, 1.165) is 70.5 Å². The van der Waals surface area contributed by atoms with Crippen molar-refractivity contribution in [3.05, 3.63) is 89.5 Å². The number of amides is 1. The van der Waals surface area contributed by atoms with E-state index in [-0.39, 0.29) is 5.41 Å². The predicted octanol–water partition coefficient (Wildman–Crippen LogP) is 3.96. The van der Waals surface area contributed by atoms with Crippen molar-refractivity contribution in [3.8, 4) is 6.07 Å². The quantitative estimate of drug-likeness (QED) is 0.567. The van der Waals surface area contributed by atoms with Crippen LogP contribution in [0.15, 0.2) is 67.1 Å². The molecule has 2 aromatic carbocycles. The topological polar surface area (TPSA) is 65.2 Å². The Kier molecular flexibility index (Phi) is 6.46. The molecule has 0 atom stereocenters. The molecule has 5 rings (SSSR count). The van der Waals surface area contributed by atoms with Crippen molar-refractivity contribution in [2.45, 2.75) is 44.2 Å². The minimum absolute atomic E-state index is 0.321. The van der Waals surface area contributed by atoms with Crippen molar-refractivity contribution in [3.63, 3.8) is 0 Å². The fraction of sp³-hybridized carbons (Fsp3) is 0.393. The van der Waals surface area contributed by atoms with Gasteiger partial charge in [0.05, 0.1) is 29.1 Å². The van der Waals surface area contributed by atoms with Gasteiger partial charge in [-0.05, 0) is 36.1 Å². The van der Waals surface area contributed by atoms with Crippen molar-refractivity contribution in [2.75, 3.05) is 26.2 Å². The number of piperazine rings is 1. The minimum atomic E-state index is -0.330. The number of hydrogen-bond donors (Lipinski definition) is 0. The van der Waals surface area contributed by atoms with Gasteiger partial charge in [-0.25, -0.2) is 4.98 Å². The maximum Gasteiger partial charge on any atom is 0.233 e. The third kappa shape index (κ3) is 4.49. The van der Waals surface area contributed by atoms with Gasteiger partial charge in [-0.1, -0.05) is 55.3 Å². The Morgan fingerprint density at radius 1 is 0.941 bits per heavy atom. The highest BCUT2D eigenvalue weighted by Crippen LogP contribution is 2.42. The summed E-state index contributed by atoms with van der Waals surface area (Å²) in [5, 5.41) is 9.00. The van der Waals surface area contributed by atoms with E-state index in [2.05, 4.69) is 49.7 Å². The molecule has 1 aromatic heterocycles. The highest BCUT2D eigenvalue weighted by Gasteiger charge is 2.45. The van der Waals surface area contributed by atoms with Gasteiger partial charge in [0.15, 0.2) is 0 Å². The van der Waals surface area contributed by atoms with Crippen LogP contribution in [0.2, 0.25) is 0 Å². The molecule has 2 heterocycles. The second-order valence-corrected chi connectivity index (χ2v) is 9.55. The van der Waals surface area contributed by atoms with Gasteiger partial charge < -0.3 is 9.47 Å². The average Bonchev–Trinajstić information content (AvgIpc) is 3.56. The summed E-state index contributed by atoms with van der Waals surface area (Å²) < 4.78 is 2.17. The van der Waals surface area contributed by atoms with Gasteiger partial charge in [0, 0.05) is 45.5 Å². The Hall–Kier alpha value is -3.43. The number of aromatic nitrogens is 2. The summed E-state index contributed by atoms with van der Waals surface area (Å²) in [6.45, 7) is 4.85. The molecule has 1 amide bonds. The molecule has 0 unspecified atom stereocenters. The summed E-state index contributed by atoms with van der Waals surface area (Å²) >= 11 is 0. The van der Waals surface area contributed by atoms with Gasteiger partial charge in [0.1, 0.15) is 0 Å². The molecule has 34 heavy (non-hydrogen) atoms. The lowest BCUT2D eigenvalue weighted by atomic mass is 9.77. The number of nitriles is 1. The van der Waals surface area contributed by atoms with Gasteiger partial charge in [-0.2, -0.15) is 5.26 Å². The Bertz CT molecular complexity index is 1150. The molecular formula is C28H31N5O. The molecule has 1 aliphatic heterocycles. The molecule has 1 saturated carbocycles. The van der Waals surface area contributed by atoms with E-state index in [1.54, 1.807) is 0 Å². The van der Waals surface area contributed by atoms with Crippen molar-refractivity contribution < 1.29 is 4.79 Å². The lowest BCUT2D eigenvalue weighted by Gasteiger charge is -2.40. The number of hydrogen-bond acceptors (Lipinski definition) is 4. The van der Waals surface area contributed by atoms with E-state index in [9.17, 15) is 4.79 Å². The summed E-state index contributed by atoms with van der Waals surface area (Å²) in [7, 11) is 0. The molecule has 1 aliphatic carbocycles. The molecule has 0 bridgehead atoms. The maximum atomic E-state index is 13.7. The number of benzene rings is 2. The van der Waals surface area contributed by atoms with Gasteiger partial charge in [-0.15, -0.1) is 0 Å². The third-order valence-electron chi connectivity index (χ3n) is 7.47. The van der Waals surface area contributed by atoms with E-state index in [1.807, 2.05) is 42.9 Å². The van der Waals surface area contributed by atoms with E-state index in [1.165, 1.54) is 11.3 Å². The normalized spacial score (nSPS) is 18.0. The molecule has 3 aromatic rings. The first kappa shape index (κ1) is 22.4. The van der Waals surface area contributed by atoms with Crippen molar-refractivity contribution in [2.24, 2.45) is 0 Å². The number of carbonyl (C=O) groups is 1. The Morgan fingerprint density at radius 2 is 1.65 bits per heavy atom. The number of imidazole rings is 1. The molecule has 6 heteroatoms. The van der Waals surface area contributed by atoms with Gasteiger partial charge in [-0.3, -0.25) is 9.69 Å². The first-order chi connectivity index (χ1) is 16.7. The maximum absolute atomic E-state index is 13.7. The second kappa shape index (κ2) is 9.82. The summed E-state index contributed by atoms with van der Waals surface area (Å²) in [5.74, 6) is 0.321. The summed E-state index contributed by atoms with van der Waals surface area (Å²) in [4.78, 5) is 22.6. The molecule has 1 saturated heterocycles. The lowest BCUT2D eigenvalue weighted by molar-refractivity contribution is -0.139. The standard InChI is InChI=1S/C28H31N5O/c29-18-23-8-10-24(11-9-23)20-33-22-30-19-26(33)21-31-14-16-32(17-15-31)27(34)28(12-4-5-13-28)25-6-2-1-3-7-25/h1-3,6-11,19,22H,4-5,12-17,20-21H2. The third-order valence-corrected chi connectivity index (χ3v) is 7.47. The van der Waals surface area contributed by atoms with Gasteiger partial charge >= 0.3 is 0 Å². The van der Waals surface area contributed by atoms with Crippen molar-refractivity contribution in [1.82, 2.24) is 19.4 Å². The fourth-order valence-electron chi connectivity index (χ4n) is 5.51.